The highest BCUT2D eigenvalue weighted by atomic mass is 16.3. The van der Waals surface area contributed by atoms with Crippen LogP contribution in [-0.2, 0) is 0 Å². The molecule has 0 heterocycles. The molecule has 13 heavy (non-hydrogen) atoms. The van der Waals surface area contributed by atoms with Crippen molar-refractivity contribution in [3.05, 3.63) is 12.2 Å². The lowest BCUT2D eigenvalue weighted by atomic mass is 10.0. The first kappa shape index (κ1) is 12.7. The van der Waals surface area contributed by atoms with Crippen LogP contribution in [0.15, 0.2) is 12.2 Å². The van der Waals surface area contributed by atoms with E-state index in [-0.39, 0.29) is 6.10 Å². The fraction of sp³-hybridized carbons (Fsp3) is 0.833. The van der Waals surface area contributed by atoms with Gasteiger partial charge in [0.15, 0.2) is 0 Å². The van der Waals surface area contributed by atoms with Gasteiger partial charge in [0, 0.05) is 0 Å². The minimum absolute atomic E-state index is 0.149. The Morgan fingerprint density at radius 3 is 2.46 bits per heavy atom. The second-order valence-electron chi connectivity index (χ2n) is 3.81. The topological polar surface area (TPSA) is 20.2 Å². The molecule has 1 heteroatoms. The van der Waals surface area contributed by atoms with Gasteiger partial charge in [0.05, 0.1) is 6.10 Å². The molecule has 0 bridgehead atoms. The van der Waals surface area contributed by atoms with E-state index in [0.29, 0.717) is 0 Å². The summed E-state index contributed by atoms with van der Waals surface area (Å²) in [4.78, 5) is 0. The number of unbranched alkanes of at least 4 members (excludes halogenated alkanes) is 3. The maximum atomic E-state index is 9.59. The fourth-order valence-electron chi connectivity index (χ4n) is 1.39. The quantitative estimate of drug-likeness (QED) is 0.451. The van der Waals surface area contributed by atoms with Gasteiger partial charge in [-0.25, -0.2) is 0 Å². The van der Waals surface area contributed by atoms with Crippen molar-refractivity contribution in [3.63, 3.8) is 0 Å². The van der Waals surface area contributed by atoms with E-state index < -0.39 is 0 Å². The molecule has 0 fully saturated rings. The molecule has 1 atom stereocenters. The van der Waals surface area contributed by atoms with Gasteiger partial charge >= 0.3 is 0 Å². The molecule has 0 aliphatic heterocycles. The van der Waals surface area contributed by atoms with Crippen molar-refractivity contribution < 1.29 is 5.11 Å². The summed E-state index contributed by atoms with van der Waals surface area (Å²) >= 11 is 0. The zero-order valence-corrected chi connectivity index (χ0v) is 9.18. The Kier molecular flexibility index (Phi) is 8.11. The van der Waals surface area contributed by atoms with Crippen LogP contribution in [0.3, 0.4) is 0 Å². The van der Waals surface area contributed by atoms with E-state index in [4.69, 9.17) is 0 Å². The normalized spacial score (nSPS) is 12.8. The summed E-state index contributed by atoms with van der Waals surface area (Å²) < 4.78 is 0. The minimum Gasteiger partial charge on any atom is -0.393 e. The Morgan fingerprint density at radius 1 is 1.23 bits per heavy atom. The molecule has 1 nitrogen and oxygen atoms in total. The van der Waals surface area contributed by atoms with Crippen molar-refractivity contribution in [2.24, 2.45) is 0 Å². The van der Waals surface area contributed by atoms with Gasteiger partial charge in [0.2, 0.25) is 0 Å². The zero-order valence-electron chi connectivity index (χ0n) is 9.18. The second-order valence-corrected chi connectivity index (χ2v) is 3.81. The summed E-state index contributed by atoms with van der Waals surface area (Å²) in [6.45, 7) is 8.19. The van der Waals surface area contributed by atoms with Crippen molar-refractivity contribution in [1.29, 1.82) is 0 Å². The van der Waals surface area contributed by atoms with Gasteiger partial charge in [-0.2, -0.15) is 0 Å². The Balaban J connectivity index is 3.29. The summed E-state index contributed by atoms with van der Waals surface area (Å²) in [5.74, 6) is 0. The van der Waals surface area contributed by atoms with Crippen molar-refractivity contribution in [2.45, 2.75) is 64.9 Å². The van der Waals surface area contributed by atoms with Crippen LogP contribution < -0.4 is 0 Å². The van der Waals surface area contributed by atoms with Crippen LogP contribution in [0.25, 0.3) is 0 Å². The molecule has 0 aromatic carbocycles. The van der Waals surface area contributed by atoms with E-state index in [1.54, 1.807) is 0 Å². The molecular formula is C12H24O. The standard InChI is InChI=1S/C12H24O/c1-4-6-7-8-9-12(13)10-11(3)5-2/h12-13H,3-10H2,1-2H3. The highest BCUT2D eigenvalue weighted by molar-refractivity contribution is 4.94. The first-order valence-corrected chi connectivity index (χ1v) is 5.55. The van der Waals surface area contributed by atoms with Gasteiger partial charge in [-0.1, -0.05) is 51.7 Å². The lowest BCUT2D eigenvalue weighted by Crippen LogP contribution is -2.06. The summed E-state index contributed by atoms with van der Waals surface area (Å²) in [5, 5.41) is 9.59. The summed E-state index contributed by atoms with van der Waals surface area (Å²) in [6.07, 6.45) is 7.55. The van der Waals surface area contributed by atoms with Crippen molar-refractivity contribution in [1.82, 2.24) is 0 Å². The van der Waals surface area contributed by atoms with Gasteiger partial charge < -0.3 is 5.11 Å². The largest absolute Gasteiger partial charge is 0.393 e. The smallest absolute Gasteiger partial charge is 0.0577 e. The molecule has 0 radical (unpaired) electrons. The molecule has 0 aromatic heterocycles. The zero-order chi connectivity index (χ0) is 10.1. The molecule has 0 saturated carbocycles. The molecule has 78 valence electrons. The van der Waals surface area contributed by atoms with E-state index in [2.05, 4.69) is 20.4 Å². The third-order valence-electron chi connectivity index (χ3n) is 2.42. The first-order valence-electron chi connectivity index (χ1n) is 5.55. The molecule has 0 aliphatic carbocycles. The molecule has 0 amide bonds. The van der Waals surface area contributed by atoms with Crippen LogP contribution in [0.5, 0.6) is 0 Å². The van der Waals surface area contributed by atoms with Gasteiger partial charge in [0.25, 0.3) is 0 Å². The maximum absolute atomic E-state index is 9.59. The van der Waals surface area contributed by atoms with Crippen LogP contribution in [0, 0.1) is 0 Å². The summed E-state index contributed by atoms with van der Waals surface area (Å²) in [7, 11) is 0. The Labute approximate surface area is 82.9 Å². The van der Waals surface area contributed by atoms with E-state index >= 15 is 0 Å². The SMILES string of the molecule is C=C(CC)CC(O)CCCCCC. The lowest BCUT2D eigenvalue weighted by Gasteiger charge is -2.10. The van der Waals surface area contributed by atoms with Crippen molar-refractivity contribution in [3.8, 4) is 0 Å². The lowest BCUT2D eigenvalue weighted by molar-refractivity contribution is 0.160. The highest BCUT2D eigenvalue weighted by Gasteiger charge is 2.04. The molecule has 0 saturated heterocycles. The molecule has 0 aromatic rings. The van der Waals surface area contributed by atoms with Crippen LogP contribution in [-0.4, -0.2) is 11.2 Å². The number of hydrogen-bond donors (Lipinski definition) is 1. The number of rotatable bonds is 8. The van der Waals surface area contributed by atoms with Gasteiger partial charge in [-0.15, -0.1) is 0 Å². The summed E-state index contributed by atoms with van der Waals surface area (Å²) in [6, 6.07) is 0. The molecule has 1 N–H and O–H groups in total. The van der Waals surface area contributed by atoms with E-state index in [0.717, 1.165) is 25.7 Å². The Bertz CT molecular complexity index is 129. The number of aliphatic hydroxyl groups is 1. The number of hydrogen-bond acceptors (Lipinski definition) is 1. The Hall–Kier alpha value is -0.300. The molecular weight excluding hydrogens is 160 g/mol. The van der Waals surface area contributed by atoms with Crippen LogP contribution in [0.1, 0.15) is 58.8 Å². The third-order valence-corrected chi connectivity index (χ3v) is 2.42. The minimum atomic E-state index is -0.149. The van der Waals surface area contributed by atoms with Gasteiger partial charge in [-0.05, 0) is 19.3 Å². The van der Waals surface area contributed by atoms with Crippen molar-refractivity contribution in [2.75, 3.05) is 0 Å². The van der Waals surface area contributed by atoms with Crippen molar-refractivity contribution >= 4 is 0 Å². The number of aliphatic hydroxyl groups excluding tert-OH is 1. The predicted molar refractivity (Wildman–Crippen MR) is 58.8 cm³/mol. The molecule has 0 aliphatic rings. The van der Waals surface area contributed by atoms with Gasteiger partial charge in [0.1, 0.15) is 0 Å². The van der Waals surface area contributed by atoms with Gasteiger partial charge in [-0.3, -0.25) is 0 Å². The molecule has 0 rings (SSSR count). The average molecular weight is 184 g/mol. The monoisotopic (exact) mass is 184 g/mol. The van der Waals surface area contributed by atoms with E-state index in [9.17, 15) is 5.11 Å². The second kappa shape index (κ2) is 8.31. The Morgan fingerprint density at radius 2 is 1.92 bits per heavy atom. The third kappa shape index (κ3) is 8.04. The molecule has 0 spiro atoms. The molecule has 1 unspecified atom stereocenters. The first-order chi connectivity index (χ1) is 6.20. The van der Waals surface area contributed by atoms with Crippen LogP contribution >= 0.6 is 0 Å². The van der Waals surface area contributed by atoms with E-state index in [1.807, 2.05) is 0 Å². The van der Waals surface area contributed by atoms with Crippen LogP contribution in [0.2, 0.25) is 0 Å². The average Bonchev–Trinajstić information content (AvgIpc) is 2.12. The highest BCUT2D eigenvalue weighted by Crippen LogP contribution is 2.13. The fourth-order valence-corrected chi connectivity index (χ4v) is 1.39. The predicted octanol–water partition coefficient (Wildman–Crippen LogP) is 3.67. The maximum Gasteiger partial charge on any atom is 0.0577 e. The summed E-state index contributed by atoms with van der Waals surface area (Å²) in [5.41, 5.74) is 1.17. The van der Waals surface area contributed by atoms with Crippen LogP contribution in [0.4, 0.5) is 0 Å². The van der Waals surface area contributed by atoms with E-state index in [1.165, 1.54) is 24.8 Å².